The Morgan fingerprint density at radius 3 is 2.15 bits per heavy atom. The van der Waals surface area contributed by atoms with Gasteiger partial charge in [0.05, 0.1) is 0 Å². The van der Waals surface area contributed by atoms with Crippen molar-refractivity contribution in [1.82, 2.24) is 0 Å². The second kappa shape index (κ2) is 3.25. The van der Waals surface area contributed by atoms with Gasteiger partial charge in [0.15, 0.2) is 0 Å². The molecule has 0 aliphatic rings. The summed E-state index contributed by atoms with van der Waals surface area (Å²) in [5, 5.41) is 0. The third kappa shape index (κ3) is 2.11. The summed E-state index contributed by atoms with van der Waals surface area (Å²) in [6, 6.07) is 8.14. The molecular formula is C12H17N. The fraction of sp³-hybridized carbons (Fsp3) is 0.333. The predicted molar refractivity (Wildman–Crippen MR) is 58.4 cm³/mol. The van der Waals surface area contributed by atoms with E-state index in [1.165, 1.54) is 5.56 Å². The SMILES string of the molecule is C=C(N)c1ccccc1C(C)(C)C. The Morgan fingerprint density at radius 2 is 1.77 bits per heavy atom. The summed E-state index contributed by atoms with van der Waals surface area (Å²) < 4.78 is 0. The molecule has 0 spiro atoms. The Morgan fingerprint density at radius 1 is 1.23 bits per heavy atom. The Kier molecular flexibility index (Phi) is 2.46. The molecule has 0 atom stereocenters. The summed E-state index contributed by atoms with van der Waals surface area (Å²) in [7, 11) is 0. The van der Waals surface area contributed by atoms with Gasteiger partial charge in [0, 0.05) is 11.3 Å². The van der Waals surface area contributed by atoms with Gasteiger partial charge in [0.1, 0.15) is 0 Å². The molecule has 0 radical (unpaired) electrons. The minimum absolute atomic E-state index is 0.124. The molecule has 1 heteroatoms. The average Bonchev–Trinajstić information content (AvgIpc) is 2.03. The van der Waals surface area contributed by atoms with Crippen molar-refractivity contribution >= 4 is 5.70 Å². The number of nitrogens with two attached hydrogens (primary N) is 1. The normalized spacial score (nSPS) is 11.3. The summed E-state index contributed by atoms with van der Waals surface area (Å²) >= 11 is 0. The van der Waals surface area contributed by atoms with Gasteiger partial charge in [0.2, 0.25) is 0 Å². The second-order valence-electron chi connectivity index (χ2n) is 4.32. The van der Waals surface area contributed by atoms with E-state index in [9.17, 15) is 0 Å². The lowest BCUT2D eigenvalue weighted by Crippen LogP contribution is -2.15. The van der Waals surface area contributed by atoms with E-state index >= 15 is 0 Å². The summed E-state index contributed by atoms with van der Waals surface area (Å²) in [6.45, 7) is 10.3. The van der Waals surface area contributed by atoms with Gasteiger partial charge in [-0.3, -0.25) is 0 Å². The van der Waals surface area contributed by atoms with Crippen LogP contribution in [0.3, 0.4) is 0 Å². The first-order valence-corrected chi connectivity index (χ1v) is 4.47. The smallest absolute Gasteiger partial charge is 0.0317 e. The molecule has 1 aromatic rings. The van der Waals surface area contributed by atoms with Gasteiger partial charge in [-0.25, -0.2) is 0 Å². The Bertz CT molecular complexity index is 318. The number of benzene rings is 1. The molecule has 1 rings (SSSR count). The maximum atomic E-state index is 5.72. The second-order valence-corrected chi connectivity index (χ2v) is 4.32. The summed E-state index contributed by atoms with van der Waals surface area (Å²) in [5.74, 6) is 0. The molecule has 0 saturated carbocycles. The highest BCUT2D eigenvalue weighted by Gasteiger charge is 2.17. The molecule has 70 valence electrons. The first-order valence-electron chi connectivity index (χ1n) is 4.47. The first kappa shape index (κ1) is 9.85. The number of rotatable bonds is 1. The fourth-order valence-corrected chi connectivity index (χ4v) is 1.42. The van der Waals surface area contributed by atoms with Crippen LogP contribution in [0.2, 0.25) is 0 Å². The molecule has 0 amide bonds. The predicted octanol–water partition coefficient (Wildman–Crippen LogP) is 2.91. The van der Waals surface area contributed by atoms with Crippen molar-refractivity contribution in [1.29, 1.82) is 0 Å². The molecule has 0 heterocycles. The van der Waals surface area contributed by atoms with E-state index in [1.54, 1.807) is 0 Å². The zero-order valence-corrected chi connectivity index (χ0v) is 8.59. The molecule has 0 fully saturated rings. The first-order chi connectivity index (χ1) is 5.93. The van der Waals surface area contributed by atoms with Gasteiger partial charge in [0.25, 0.3) is 0 Å². The van der Waals surface area contributed by atoms with E-state index in [2.05, 4.69) is 33.4 Å². The van der Waals surface area contributed by atoms with Crippen LogP contribution in [-0.2, 0) is 5.41 Å². The summed E-state index contributed by atoms with van der Waals surface area (Å²) in [4.78, 5) is 0. The Labute approximate surface area is 80.3 Å². The number of hydrogen-bond donors (Lipinski definition) is 1. The zero-order valence-electron chi connectivity index (χ0n) is 8.59. The maximum Gasteiger partial charge on any atom is 0.0317 e. The van der Waals surface area contributed by atoms with E-state index in [1.807, 2.05) is 18.2 Å². The highest BCUT2D eigenvalue weighted by Crippen LogP contribution is 2.27. The summed E-state index contributed by atoms with van der Waals surface area (Å²) in [6.07, 6.45) is 0. The zero-order chi connectivity index (χ0) is 10.1. The van der Waals surface area contributed by atoms with Crippen LogP contribution < -0.4 is 5.73 Å². The highest BCUT2D eigenvalue weighted by atomic mass is 14.6. The lowest BCUT2D eigenvalue weighted by molar-refractivity contribution is 0.588. The molecule has 0 bridgehead atoms. The molecule has 13 heavy (non-hydrogen) atoms. The van der Waals surface area contributed by atoms with Crippen molar-refractivity contribution in [2.45, 2.75) is 26.2 Å². The van der Waals surface area contributed by atoms with Crippen LogP contribution in [0.1, 0.15) is 31.9 Å². The van der Waals surface area contributed by atoms with Crippen LogP contribution in [0.5, 0.6) is 0 Å². The van der Waals surface area contributed by atoms with E-state index in [0.29, 0.717) is 5.70 Å². The minimum Gasteiger partial charge on any atom is -0.399 e. The van der Waals surface area contributed by atoms with E-state index in [-0.39, 0.29) is 5.41 Å². The molecule has 1 aromatic carbocycles. The van der Waals surface area contributed by atoms with Gasteiger partial charge >= 0.3 is 0 Å². The minimum atomic E-state index is 0.124. The number of hydrogen-bond acceptors (Lipinski definition) is 1. The van der Waals surface area contributed by atoms with E-state index in [4.69, 9.17) is 5.73 Å². The van der Waals surface area contributed by atoms with Crippen molar-refractivity contribution in [3.63, 3.8) is 0 Å². The van der Waals surface area contributed by atoms with Crippen molar-refractivity contribution in [3.8, 4) is 0 Å². The summed E-state index contributed by atoms with van der Waals surface area (Å²) in [5.41, 5.74) is 8.80. The fourth-order valence-electron chi connectivity index (χ4n) is 1.42. The quantitative estimate of drug-likeness (QED) is 0.697. The molecule has 2 N–H and O–H groups in total. The molecule has 0 saturated heterocycles. The lowest BCUT2D eigenvalue weighted by Gasteiger charge is -2.22. The highest BCUT2D eigenvalue weighted by molar-refractivity contribution is 5.64. The van der Waals surface area contributed by atoms with E-state index < -0.39 is 0 Å². The molecular weight excluding hydrogens is 158 g/mol. The van der Waals surface area contributed by atoms with Crippen molar-refractivity contribution in [3.05, 3.63) is 42.0 Å². The topological polar surface area (TPSA) is 26.0 Å². The third-order valence-electron chi connectivity index (χ3n) is 2.08. The standard InChI is InChI=1S/C12H17N/c1-9(13)10-7-5-6-8-11(10)12(2,3)4/h5-8H,1,13H2,2-4H3. The Hall–Kier alpha value is -1.24. The van der Waals surface area contributed by atoms with Crippen molar-refractivity contribution in [2.24, 2.45) is 5.73 Å². The van der Waals surface area contributed by atoms with Gasteiger partial charge in [-0.15, -0.1) is 0 Å². The monoisotopic (exact) mass is 175 g/mol. The lowest BCUT2D eigenvalue weighted by atomic mass is 9.83. The van der Waals surface area contributed by atoms with Crippen LogP contribution in [-0.4, -0.2) is 0 Å². The van der Waals surface area contributed by atoms with Gasteiger partial charge in [-0.05, 0) is 11.0 Å². The van der Waals surface area contributed by atoms with E-state index in [0.717, 1.165) is 5.56 Å². The average molecular weight is 175 g/mol. The molecule has 0 aliphatic heterocycles. The molecule has 0 aromatic heterocycles. The van der Waals surface area contributed by atoms with Crippen LogP contribution in [0, 0.1) is 0 Å². The van der Waals surface area contributed by atoms with Crippen molar-refractivity contribution < 1.29 is 0 Å². The largest absolute Gasteiger partial charge is 0.399 e. The van der Waals surface area contributed by atoms with Gasteiger partial charge in [-0.1, -0.05) is 51.6 Å². The Balaban J connectivity index is 3.28. The molecule has 0 unspecified atom stereocenters. The van der Waals surface area contributed by atoms with Crippen LogP contribution >= 0.6 is 0 Å². The molecule has 0 aliphatic carbocycles. The van der Waals surface area contributed by atoms with Crippen LogP contribution in [0.4, 0.5) is 0 Å². The van der Waals surface area contributed by atoms with Crippen LogP contribution in [0.15, 0.2) is 30.8 Å². The molecule has 1 nitrogen and oxygen atoms in total. The van der Waals surface area contributed by atoms with Crippen molar-refractivity contribution in [2.75, 3.05) is 0 Å². The van der Waals surface area contributed by atoms with Crippen LogP contribution in [0.25, 0.3) is 5.70 Å². The van der Waals surface area contributed by atoms with Gasteiger partial charge in [-0.2, -0.15) is 0 Å². The maximum absolute atomic E-state index is 5.72. The van der Waals surface area contributed by atoms with Gasteiger partial charge < -0.3 is 5.73 Å². The third-order valence-corrected chi connectivity index (χ3v) is 2.08.